The summed E-state index contributed by atoms with van der Waals surface area (Å²) in [5, 5.41) is 0.331. The summed E-state index contributed by atoms with van der Waals surface area (Å²) in [5.41, 5.74) is 0.565. The monoisotopic (exact) mass is 296 g/mol. The number of carbonyl (C=O) groups is 1. The molecule has 1 atom stereocenters. The lowest BCUT2D eigenvalue weighted by Gasteiger charge is -2.38. The zero-order valence-electron chi connectivity index (χ0n) is 11.1. The van der Waals surface area contributed by atoms with Crippen molar-refractivity contribution < 1.29 is 14.3 Å². The van der Waals surface area contributed by atoms with Gasteiger partial charge in [-0.2, -0.15) is 0 Å². The van der Waals surface area contributed by atoms with Gasteiger partial charge in [0.2, 0.25) is 0 Å². The second kappa shape index (κ2) is 6.08. The number of hydrogen-bond donors (Lipinski definition) is 0. The van der Waals surface area contributed by atoms with Crippen LogP contribution in [0.3, 0.4) is 0 Å². The van der Waals surface area contributed by atoms with Crippen molar-refractivity contribution in [2.24, 2.45) is 0 Å². The summed E-state index contributed by atoms with van der Waals surface area (Å²) in [4.78, 5) is 18.4. The van der Waals surface area contributed by atoms with E-state index in [1.165, 1.54) is 0 Å². The van der Waals surface area contributed by atoms with Crippen LogP contribution in [0.1, 0.15) is 29.6 Å². The molecule has 0 bridgehead atoms. The number of piperidine rings is 1. The van der Waals surface area contributed by atoms with E-state index in [2.05, 4.69) is 4.98 Å². The van der Waals surface area contributed by atoms with Gasteiger partial charge in [0, 0.05) is 18.3 Å². The van der Waals surface area contributed by atoms with Gasteiger partial charge in [0.05, 0.1) is 19.3 Å². The Morgan fingerprint density at radius 1 is 1.35 bits per heavy atom. The molecule has 20 heavy (non-hydrogen) atoms. The molecule has 0 aliphatic carbocycles. The van der Waals surface area contributed by atoms with Crippen LogP contribution in [0, 0.1) is 0 Å². The number of likely N-dealkylation sites (tertiary alicyclic amines) is 1. The zero-order chi connectivity index (χ0) is 13.9. The highest BCUT2D eigenvalue weighted by molar-refractivity contribution is 6.29. The number of ether oxygens (including phenoxy) is 2. The summed E-state index contributed by atoms with van der Waals surface area (Å²) < 4.78 is 11.2. The first-order chi connectivity index (χ1) is 9.75. The van der Waals surface area contributed by atoms with Crippen LogP contribution in [0.4, 0.5) is 0 Å². The molecular formula is C14H17ClN2O3. The van der Waals surface area contributed by atoms with E-state index in [-0.39, 0.29) is 18.2 Å². The van der Waals surface area contributed by atoms with Crippen molar-refractivity contribution in [1.82, 2.24) is 9.88 Å². The van der Waals surface area contributed by atoms with Crippen LogP contribution >= 0.6 is 11.6 Å². The first kappa shape index (κ1) is 13.8. The number of pyridine rings is 1. The number of carbonyl (C=O) groups excluding carboxylic acids is 1. The minimum Gasteiger partial charge on any atom is -0.348 e. The number of nitrogens with zero attached hydrogens (tertiary/aromatic N) is 2. The molecule has 5 nitrogen and oxygen atoms in total. The topological polar surface area (TPSA) is 51.7 Å². The first-order valence-electron chi connectivity index (χ1n) is 6.91. The van der Waals surface area contributed by atoms with Crippen LogP contribution in [0.2, 0.25) is 5.15 Å². The van der Waals surface area contributed by atoms with Crippen molar-refractivity contribution in [3.8, 4) is 0 Å². The van der Waals surface area contributed by atoms with Crippen molar-refractivity contribution in [2.75, 3.05) is 19.8 Å². The summed E-state index contributed by atoms with van der Waals surface area (Å²) in [6.07, 6.45) is 4.27. The van der Waals surface area contributed by atoms with Crippen molar-refractivity contribution in [1.29, 1.82) is 0 Å². The fourth-order valence-corrected chi connectivity index (χ4v) is 2.97. The smallest absolute Gasteiger partial charge is 0.254 e. The van der Waals surface area contributed by atoms with Crippen molar-refractivity contribution in [3.63, 3.8) is 0 Å². The first-order valence-corrected chi connectivity index (χ1v) is 7.29. The standard InChI is InChI=1S/C14H17ClN2O3/c15-12-9-10(4-5-16-12)13(18)17-6-2-1-3-11(17)14-19-7-8-20-14/h4-5,9,11,14H,1-3,6-8H2. The van der Waals surface area contributed by atoms with Crippen LogP contribution in [0.5, 0.6) is 0 Å². The van der Waals surface area contributed by atoms with Crippen LogP contribution in [0.25, 0.3) is 0 Å². The molecule has 108 valence electrons. The molecule has 0 spiro atoms. The summed E-state index contributed by atoms with van der Waals surface area (Å²) in [6, 6.07) is 3.29. The Balaban J connectivity index is 1.80. The number of amides is 1. The lowest BCUT2D eigenvalue weighted by Crippen LogP contribution is -2.50. The molecule has 3 rings (SSSR count). The molecule has 1 unspecified atom stereocenters. The van der Waals surface area contributed by atoms with Gasteiger partial charge in [0.25, 0.3) is 5.91 Å². The average molecular weight is 297 g/mol. The van der Waals surface area contributed by atoms with Crippen LogP contribution in [-0.2, 0) is 9.47 Å². The third kappa shape index (κ3) is 2.80. The van der Waals surface area contributed by atoms with E-state index in [1.54, 1.807) is 18.3 Å². The van der Waals surface area contributed by atoms with Crippen LogP contribution in [0.15, 0.2) is 18.3 Å². The summed E-state index contributed by atoms with van der Waals surface area (Å²) in [7, 11) is 0. The number of aromatic nitrogens is 1. The Morgan fingerprint density at radius 2 is 2.15 bits per heavy atom. The predicted molar refractivity (Wildman–Crippen MR) is 73.6 cm³/mol. The van der Waals surface area contributed by atoms with Crippen molar-refractivity contribution in [2.45, 2.75) is 31.6 Å². The molecule has 0 saturated carbocycles. The normalized spacial score (nSPS) is 24.1. The van der Waals surface area contributed by atoms with Gasteiger partial charge in [0.1, 0.15) is 5.15 Å². The maximum atomic E-state index is 12.6. The highest BCUT2D eigenvalue weighted by atomic mass is 35.5. The summed E-state index contributed by atoms with van der Waals surface area (Å²) in [6.45, 7) is 1.93. The van der Waals surface area contributed by atoms with Gasteiger partial charge in [-0.3, -0.25) is 4.79 Å². The Labute approximate surface area is 122 Å². The minimum absolute atomic E-state index is 0.00862. The van der Waals surface area contributed by atoms with E-state index in [0.29, 0.717) is 23.9 Å². The Hall–Kier alpha value is -1.17. The minimum atomic E-state index is -0.295. The molecule has 1 amide bonds. The Morgan fingerprint density at radius 3 is 2.90 bits per heavy atom. The molecule has 1 aromatic heterocycles. The second-order valence-electron chi connectivity index (χ2n) is 5.04. The van der Waals surface area contributed by atoms with E-state index < -0.39 is 0 Å². The van der Waals surface area contributed by atoms with Gasteiger partial charge >= 0.3 is 0 Å². The number of rotatable bonds is 2. The van der Waals surface area contributed by atoms with Crippen LogP contribution < -0.4 is 0 Å². The van der Waals surface area contributed by atoms with E-state index in [1.807, 2.05) is 4.90 Å². The molecular weight excluding hydrogens is 280 g/mol. The van der Waals surface area contributed by atoms with E-state index >= 15 is 0 Å². The largest absolute Gasteiger partial charge is 0.348 e. The molecule has 0 aromatic carbocycles. The highest BCUT2D eigenvalue weighted by Crippen LogP contribution is 2.26. The van der Waals surface area contributed by atoms with Gasteiger partial charge in [0.15, 0.2) is 6.29 Å². The fourth-order valence-electron chi connectivity index (χ4n) is 2.79. The van der Waals surface area contributed by atoms with Gasteiger partial charge in [-0.1, -0.05) is 11.6 Å². The molecule has 0 radical (unpaired) electrons. The van der Waals surface area contributed by atoms with E-state index in [0.717, 1.165) is 25.8 Å². The van der Waals surface area contributed by atoms with Crippen molar-refractivity contribution in [3.05, 3.63) is 29.0 Å². The molecule has 1 aromatic rings. The van der Waals surface area contributed by atoms with Crippen molar-refractivity contribution >= 4 is 17.5 Å². The maximum Gasteiger partial charge on any atom is 0.254 e. The maximum absolute atomic E-state index is 12.6. The number of halogens is 1. The second-order valence-corrected chi connectivity index (χ2v) is 5.43. The fraction of sp³-hybridized carbons (Fsp3) is 0.571. The van der Waals surface area contributed by atoms with Gasteiger partial charge in [-0.15, -0.1) is 0 Å². The SMILES string of the molecule is O=C(c1ccnc(Cl)c1)N1CCCCC1C1OCCO1. The molecule has 0 N–H and O–H groups in total. The molecule has 2 aliphatic rings. The average Bonchev–Trinajstić information content (AvgIpc) is 3.00. The van der Waals surface area contributed by atoms with Gasteiger partial charge < -0.3 is 14.4 Å². The number of hydrogen-bond acceptors (Lipinski definition) is 4. The molecule has 2 fully saturated rings. The van der Waals surface area contributed by atoms with Gasteiger partial charge in [-0.05, 0) is 31.4 Å². The lowest BCUT2D eigenvalue weighted by molar-refractivity contribution is -0.100. The summed E-state index contributed by atoms with van der Waals surface area (Å²) in [5.74, 6) is -0.0295. The molecule has 3 heterocycles. The third-order valence-electron chi connectivity index (χ3n) is 3.75. The van der Waals surface area contributed by atoms with E-state index in [4.69, 9.17) is 21.1 Å². The Kier molecular flexibility index (Phi) is 4.19. The molecule has 2 saturated heterocycles. The summed E-state index contributed by atoms with van der Waals surface area (Å²) >= 11 is 5.86. The molecule has 2 aliphatic heterocycles. The third-order valence-corrected chi connectivity index (χ3v) is 3.95. The lowest BCUT2D eigenvalue weighted by atomic mass is 10.0. The quantitative estimate of drug-likeness (QED) is 0.784. The Bertz CT molecular complexity index is 491. The highest BCUT2D eigenvalue weighted by Gasteiger charge is 2.36. The predicted octanol–water partition coefficient (Wildman–Crippen LogP) is 2.10. The van der Waals surface area contributed by atoms with Gasteiger partial charge in [-0.25, -0.2) is 4.98 Å². The zero-order valence-corrected chi connectivity index (χ0v) is 11.9. The van der Waals surface area contributed by atoms with E-state index in [9.17, 15) is 4.79 Å². The molecule has 6 heteroatoms. The van der Waals surface area contributed by atoms with Crippen LogP contribution in [-0.4, -0.2) is 47.9 Å².